The molecule has 0 saturated carbocycles. The molecule has 0 amide bonds. The fourth-order valence-electron chi connectivity index (χ4n) is 2.72. The molecule has 18 heavy (non-hydrogen) atoms. The van der Waals surface area contributed by atoms with Crippen LogP contribution in [0.15, 0.2) is 36.4 Å². The van der Waals surface area contributed by atoms with Crippen molar-refractivity contribution in [2.75, 3.05) is 0 Å². The van der Waals surface area contributed by atoms with Crippen LogP contribution < -0.4 is 0 Å². The highest BCUT2D eigenvalue weighted by Gasteiger charge is 2.44. The molecule has 0 radical (unpaired) electrons. The number of benzene rings is 2. The summed E-state index contributed by atoms with van der Waals surface area (Å²) in [5.41, 5.74) is 3.72. The van der Waals surface area contributed by atoms with E-state index in [-0.39, 0.29) is 11.1 Å². The van der Waals surface area contributed by atoms with Gasteiger partial charge in [0.05, 0.1) is 0 Å². The van der Waals surface area contributed by atoms with Gasteiger partial charge in [-0.3, -0.25) is 0 Å². The zero-order valence-corrected chi connectivity index (χ0v) is 10.4. The topological polar surface area (TPSA) is 0 Å². The second kappa shape index (κ2) is 3.64. The van der Waals surface area contributed by atoms with E-state index in [1.165, 1.54) is 6.07 Å². The molecule has 0 unspecified atom stereocenters. The third-order valence-electron chi connectivity index (χ3n) is 3.71. The fourth-order valence-corrected chi connectivity index (χ4v) is 2.72. The van der Waals surface area contributed by atoms with Gasteiger partial charge in [-0.1, -0.05) is 43.3 Å². The first-order valence-corrected chi connectivity index (χ1v) is 6.17. The molecule has 1 aliphatic carbocycles. The van der Waals surface area contributed by atoms with Crippen LogP contribution in [0, 0.1) is 6.92 Å². The van der Waals surface area contributed by atoms with E-state index < -0.39 is 5.92 Å². The number of halogens is 2. The standard InChI is InChI=1S/C16H14F2/c1-3-11-7-8-13-12(9-11)15-10(2)5-4-6-14(15)16(13,17)18/h4-9H,3H2,1-2H3. The maximum absolute atomic E-state index is 14.3. The Morgan fingerprint density at radius 1 is 1.06 bits per heavy atom. The van der Waals surface area contributed by atoms with Crippen molar-refractivity contribution in [2.24, 2.45) is 0 Å². The Kier molecular flexibility index (Phi) is 2.31. The van der Waals surface area contributed by atoms with Crippen LogP contribution in [-0.4, -0.2) is 0 Å². The van der Waals surface area contributed by atoms with Crippen molar-refractivity contribution in [3.8, 4) is 11.1 Å². The number of fused-ring (bicyclic) bond motifs is 3. The van der Waals surface area contributed by atoms with Gasteiger partial charge in [0.1, 0.15) is 0 Å². The van der Waals surface area contributed by atoms with Crippen LogP contribution in [0.3, 0.4) is 0 Å². The van der Waals surface area contributed by atoms with Crippen molar-refractivity contribution in [3.05, 3.63) is 58.7 Å². The molecule has 92 valence electrons. The quantitative estimate of drug-likeness (QED) is 0.683. The predicted octanol–water partition coefficient (Wildman–Crippen LogP) is 4.68. The van der Waals surface area contributed by atoms with E-state index in [4.69, 9.17) is 0 Å². The first kappa shape index (κ1) is 11.4. The first-order chi connectivity index (χ1) is 8.55. The minimum atomic E-state index is -2.86. The van der Waals surface area contributed by atoms with Crippen molar-refractivity contribution < 1.29 is 8.78 Å². The van der Waals surface area contributed by atoms with Crippen LogP contribution in [0.25, 0.3) is 11.1 Å². The van der Waals surface area contributed by atoms with Gasteiger partial charge in [-0.25, -0.2) is 0 Å². The Balaban J connectivity index is 2.38. The summed E-state index contributed by atoms with van der Waals surface area (Å²) < 4.78 is 28.7. The molecule has 0 aromatic heterocycles. The summed E-state index contributed by atoms with van der Waals surface area (Å²) in [5.74, 6) is -2.86. The number of rotatable bonds is 1. The summed E-state index contributed by atoms with van der Waals surface area (Å²) in [6.45, 7) is 3.93. The summed E-state index contributed by atoms with van der Waals surface area (Å²) in [5, 5.41) is 0. The molecule has 0 atom stereocenters. The molecule has 2 heteroatoms. The van der Waals surface area contributed by atoms with Gasteiger partial charge in [0.2, 0.25) is 0 Å². The van der Waals surface area contributed by atoms with Gasteiger partial charge in [-0.15, -0.1) is 0 Å². The van der Waals surface area contributed by atoms with Gasteiger partial charge in [0.25, 0.3) is 5.92 Å². The Bertz CT molecular complexity index is 627. The van der Waals surface area contributed by atoms with Gasteiger partial charge in [-0.05, 0) is 35.6 Å². The molecule has 0 saturated heterocycles. The largest absolute Gasteiger partial charge is 0.299 e. The molecule has 2 aromatic carbocycles. The highest BCUT2D eigenvalue weighted by molar-refractivity contribution is 5.82. The van der Waals surface area contributed by atoms with Crippen molar-refractivity contribution in [2.45, 2.75) is 26.2 Å². The zero-order chi connectivity index (χ0) is 12.9. The number of aryl methyl sites for hydroxylation is 2. The number of hydrogen-bond donors (Lipinski definition) is 0. The summed E-state index contributed by atoms with van der Waals surface area (Å²) >= 11 is 0. The van der Waals surface area contributed by atoms with E-state index in [0.29, 0.717) is 11.1 Å². The van der Waals surface area contributed by atoms with Gasteiger partial charge >= 0.3 is 0 Å². The molecule has 0 aliphatic heterocycles. The summed E-state index contributed by atoms with van der Waals surface area (Å²) in [4.78, 5) is 0. The van der Waals surface area contributed by atoms with E-state index >= 15 is 0 Å². The minimum Gasteiger partial charge on any atom is -0.196 e. The van der Waals surface area contributed by atoms with E-state index in [9.17, 15) is 8.78 Å². The average Bonchev–Trinajstić information content (AvgIpc) is 2.59. The van der Waals surface area contributed by atoms with Gasteiger partial charge < -0.3 is 0 Å². The highest BCUT2D eigenvalue weighted by atomic mass is 19.3. The Hall–Kier alpha value is -1.70. The lowest BCUT2D eigenvalue weighted by molar-refractivity contribution is 0.0480. The molecule has 2 aromatic rings. The molecule has 0 fully saturated rings. The molecule has 0 N–H and O–H groups in total. The summed E-state index contributed by atoms with van der Waals surface area (Å²) in [6, 6.07) is 10.4. The maximum Gasteiger partial charge on any atom is 0.299 e. The molecular weight excluding hydrogens is 230 g/mol. The number of alkyl halides is 2. The minimum absolute atomic E-state index is 0.143. The second-order valence-electron chi connectivity index (χ2n) is 4.81. The van der Waals surface area contributed by atoms with E-state index in [1.54, 1.807) is 18.2 Å². The van der Waals surface area contributed by atoms with Crippen molar-refractivity contribution in [1.82, 2.24) is 0 Å². The van der Waals surface area contributed by atoms with E-state index in [2.05, 4.69) is 0 Å². The van der Waals surface area contributed by atoms with Crippen LogP contribution in [0.1, 0.15) is 29.2 Å². The molecule has 0 heterocycles. The van der Waals surface area contributed by atoms with Crippen LogP contribution >= 0.6 is 0 Å². The van der Waals surface area contributed by atoms with E-state index in [1.807, 2.05) is 26.0 Å². The third-order valence-corrected chi connectivity index (χ3v) is 3.71. The van der Waals surface area contributed by atoms with E-state index in [0.717, 1.165) is 17.5 Å². The second-order valence-corrected chi connectivity index (χ2v) is 4.81. The van der Waals surface area contributed by atoms with Crippen molar-refractivity contribution in [1.29, 1.82) is 0 Å². The summed E-state index contributed by atoms with van der Waals surface area (Å²) in [7, 11) is 0. The smallest absolute Gasteiger partial charge is 0.196 e. The lowest BCUT2D eigenvalue weighted by Gasteiger charge is -2.12. The van der Waals surface area contributed by atoms with Gasteiger partial charge in [0, 0.05) is 11.1 Å². The molecule has 0 nitrogen and oxygen atoms in total. The zero-order valence-electron chi connectivity index (χ0n) is 10.4. The highest BCUT2D eigenvalue weighted by Crippen LogP contribution is 2.52. The molecular formula is C16H14F2. The monoisotopic (exact) mass is 244 g/mol. The first-order valence-electron chi connectivity index (χ1n) is 6.17. The third kappa shape index (κ3) is 1.35. The van der Waals surface area contributed by atoms with Crippen LogP contribution in [-0.2, 0) is 12.3 Å². The molecule has 0 spiro atoms. The van der Waals surface area contributed by atoms with Crippen LogP contribution in [0.4, 0.5) is 8.78 Å². The molecule has 1 aliphatic rings. The summed E-state index contributed by atoms with van der Waals surface area (Å²) in [6.07, 6.45) is 0.861. The lowest BCUT2D eigenvalue weighted by Crippen LogP contribution is -2.10. The average molecular weight is 244 g/mol. The lowest BCUT2D eigenvalue weighted by atomic mass is 9.98. The molecule has 3 rings (SSSR count). The maximum atomic E-state index is 14.3. The molecule has 0 bridgehead atoms. The fraction of sp³-hybridized carbons (Fsp3) is 0.250. The normalized spacial score (nSPS) is 15.3. The Morgan fingerprint density at radius 2 is 1.83 bits per heavy atom. The van der Waals surface area contributed by atoms with Gasteiger partial charge in [-0.2, -0.15) is 8.78 Å². The Labute approximate surface area is 105 Å². The Morgan fingerprint density at radius 3 is 2.56 bits per heavy atom. The van der Waals surface area contributed by atoms with Crippen LogP contribution in [0.2, 0.25) is 0 Å². The van der Waals surface area contributed by atoms with Crippen molar-refractivity contribution in [3.63, 3.8) is 0 Å². The van der Waals surface area contributed by atoms with Gasteiger partial charge in [0.15, 0.2) is 0 Å². The predicted molar refractivity (Wildman–Crippen MR) is 69.0 cm³/mol. The SMILES string of the molecule is CCc1ccc2c(c1)-c1c(C)cccc1C2(F)F. The number of hydrogen-bond acceptors (Lipinski definition) is 0. The van der Waals surface area contributed by atoms with Crippen molar-refractivity contribution >= 4 is 0 Å². The van der Waals surface area contributed by atoms with Crippen LogP contribution in [0.5, 0.6) is 0 Å².